The Bertz CT molecular complexity index is 90.9. The van der Waals surface area contributed by atoms with E-state index in [1.807, 2.05) is 6.20 Å². The first-order chi connectivity index (χ1) is 4.93. The molecule has 0 unspecified atom stereocenters. The minimum Gasteiger partial charge on any atom is -0.378 e. The molecule has 1 nitrogen and oxygen atoms in total. The Morgan fingerprint density at radius 3 is 1.90 bits per heavy atom. The van der Waals surface area contributed by atoms with E-state index in [1.54, 1.807) is 0 Å². The quantitative estimate of drug-likeness (QED) is 0.539. The molecule has 1 rings (SSSR count). The van der Waals surface area contributed by atoms with Crippen LogP contribution < -0.4 is 0 Å². The summed E-state index contributed by atoms with van der Waals surface area (Å²) in [5.41, 5.74) is 0. The van der Waals surface area contributed by atoms with E-state index in [0.29, 0.717) is 0 Å². The molecule has 0 aromatic rings. The van der Waals surface area contributed by atoms with Crippen LogP contribution in [0.2, 0.25) is 0 Å². The van der Waals surface area contributed by atoms with Crippen LogP contribution in [0, 0.1) is 0 Å². The fourth-order valence-corrected chi connectivity index (χ4v) is 1.45. The van der Waals surface area contributed by atoms with Gasteiger partial charge in [-0.25, -0.2) is 0 Å². The van der Waals surface area contributed by atoms with E-state index in [0.717, 1.165) is 0 Å². The van der Waals surface area contributed by atoms with Crippen molar-refractivity contribution in [3.8, 4) is 0 Å². The van der Waals surface area contributed by atoms with Crippen LogP contribution in [-0.4, -0.2) is 18.0 Å². The highest BCUT2D eigenvalue weighted by Gasteiger charge is 2.01. The molecular formula is C9H17N. The Kier molecular flexibility index (Phi) is 3.34. The van der Waals surface area contributed by atoms with Gasteiger partial charge in [0.1, 0.15) is 0 Å². The SMILES string of the molecule is C=CN1CCCCCCC1. The minimum atomic E-state index is 1.23. The van der Waals surface area contributed by atoms with Gasteiger partial charge in [-0.05, 0) is 19.0 Å². The molecule has 0 spiro atoms. The molecule has 1 heteroatoms. The summed E-state index contributed by atoms with van der Waals surface area (Å²) in [5, 5.41) is 0. The van der Waals surface area contributed by atoms with Gasteiger partial charge in [0.05, 0.1) is 0 Å². The molecule has 0 aromatic carbocycles. The first kappa shape index (κ1) is 7.64. The van der Waals surface area contributed by atoms with Gasteiger partial charge in [-0.1, -0.05) is 25.8 Å². The van der Waals surface area contributed by atoms with Crippen molar-refractivity contribution in [2.24, 2.45) is 0 Å². The molecule has 0 N–H and O–H groups in total. The van der Waals surface area contributed by atoms with Crippen molar-refractivity contribution in [2.45, 2.75) is 32.1 Å². The highest BCUT2D eigenvalue weighted by Crippen LogP contribution is 2.09. The Morgan fingerprint density at radius 2 is 1.40 bits per heavy atom. The van der Waals surface area contributed by atoms with Gasteiger partial charge < -0.3 is 4.90 Å². The highest BCUT2D eigenvalue weighted by atomic mass is 15.1. The molecule has 58 valence electrons. The lowest BCUT2D eigenvalue weighted by Crippen LogP contribution is -2.20. The average molecular weight is 139 g/mol. The zero-order valence-corrected chi connectivity index (χ0v) is 6.68. The molecule has 1 fully saturated rings. The maximum absolute atomic E-state index is 3.78. The standard InChI is InChI=1S/C9H17N/c1-2-10-8-6-4-3-5-7-9-10/h2H,1,3-9H2. The second kappa shape index (κ2) is 4.37. The summed E-state index contributed by atoms with van der Waals surface area (Å²) < 4.78 is 0. The maximum Gasteiger partial charge on any atom is 0.0172 e. The van der Waals surface area contributed by atoms with Crippen LogP contribution in [0.1, 0.15) is 32.1 Å². The normalized spacial score (nSPS) is 21.4. The fraction of sp³-hybridized carbons (Fsp3) is 0.778. The molecule has 1 saturated heterocycles. The molecule has 0 atom stereocenters. The van der Waals surface area contributed by atoms with Crippen LogP contribution in [0.3, 0.4) is 0 Å². The summed E-state index contributed by atoms with van der Waals surface area (Å²) in [6.07, 6.45) is 8.93. The molecule has 10 heavy (non-hydrogen) atoms. The van der Waals surface area contributed by atoms with Gasteiger partial charge in [0.25, 0.3) is 0 Å². The zero-order chi connectivity index (χ0) is 7.23. The smallest absolute Gasteiger partial charge is 0.0172 e. The van der Waals surface area contributed by atoms with Crippen molar-refractivity contribution >= 4 is 0 Å². The minimum absolute atomic E-state index is 1.23. The van der Waals surface area contributed by atoms with Gasteiger partial charge in [0.2, 0.25) is 0 Å². The lowest BCUT2D eigenvalue weighted by molar-refractivity contribution is 0.331. The van der Waals surface area contributed by atoms with Crippen molar-refractivity contribution < 1.29 is 0 Å². The number of hydrogen-bond donors (Lipinski definition) is 0. The van der Waals surface area contributed by atoms with Crippen LogP contribution >= 0.6 is 0 Å². The molecule has 0 amide bonds. The Morgan fingerprint density at radius 1 is 0.900 bits per heavy atom. The molecule has 0 bridgehead atoms. The first-order valence-corrected chi connectivity index (χ1v) is 4.30. The molecule has 0 radical (unpaired) electrons. The van der Waals surface area contributed by atoms with Crippen LogP contribution in [0.25, 0.3) is 0 Å². The molecule has 1 heterocycles. The Hall–Kier alpha value is -0.460. The van der Waals surface area contributed by atoms with E-state index < -0.39 is 0 Å². The van der Waals surface area contributed by atoms with E-state index in [4.69, 9.17) is 0 Å². The maximum atomic E-state index is 3.78. The van der Waals surface area contributed by atoms with Crippen LogP contribution in [0.15, 0.2) is 12.8 Å². The van der Waals surface area contributed by atoms with Gasteiger partial charge in [-0.2, -0.15) is 0 Å². The molecular weight excluding hydrogens is 122 g/mol. The number of hydrogen-bond acceptors (Lipinski definition) is 1. The number of rotatable bonds is 1. The molecule has 0 aliphatic carbocycles. The molecule has 0 aromatic heterocycles. The van der Waals surface area contributed by atoms with Crippen LogP contribution in [0.4, 0.5) is 0 Å². The summed E-state index contributed by atoms with van der Waals surface area (Å²) in [6.45, 7) is 6.23. The highest BCUT2D eigenvalue weighted by molar-refractivity contribution is 4.72. The van der Waals surface area contributed by atoms with Crippen molar-refractivity contribution in [3.05, 3.63) is 12.8 Å². The number of nitrogens with zero attached hydrogens (tertiary/aromatic N) is 1. The van der Waals surface area contributed by atoms with Crippen molar-refractivity contribution in [1.82, 2.24) is 4.90 Å². The van der Waals surface area contributed by atoms with E-state index >= 15 is 0 Å². The zero-order valence-electron chi connectivity index (χ0n) is 6.68. The second-order valence-electron chi connectivity index (χ2n) is 2.99. The largest absolute Gasteiger partial charge is 0.378 e. The molecule has 1 aliphatic rings. The van der Waals surface area contributed by atoms with Crippen molar-refractivity contribution in [2.75, 3.05) is 13.1 Å². The molecule has 0 saturated carbocycles. The lowest BCUT2D eigenvalue weighted by Gasteiger charge is -2.21. The summed E-state index contributed by atoms with van der Waals surface area (Å²) in [6, 6.07) is 0. The lowest BCUT2D eigenvalue weighted by atomic mass is 10.1. The van der Waals surface area contributed by atoms with Gasteiger partial charge in [0.15, 0.2) is 0 Å². The average Bonchev–Trinajstić information content (AvgIpc) is 1.87. The third-order valence-electron chi connectivity index (χ3n) is 2.15. The summed E-state index contributed by atoms with van der Waals surface area (Å²) in [7, 11) is 0. The summed E-state index contributed by atoms with van der Waals surface area (Å²) >= 11 is 0. The topological polar surface area (TPSA) is 3.24 Å². The molecule has 1 aliphatic heterocycles. The predicted molar refractivity (Wildman–Crippen MR) is 44.9 cm³/mol. The second-order valence-corrected chi connectivity index (χ2v) is 2.99. The Labute approximate surface area is 63.7 Å². The van der Waals surface area contributed by atoms with E-state index in [2.05, 4.69) is 11.5 Å². The van der Waals surface area contributed by atoms with Gasteiger partial charge in [0, 0.05) is 13.1 Å². The van der Waals surface area contributed by atoms with Crippen LogP contribution in [-0.2, 0) is 0 Å². The third-order valence-corrected chi connectivity index (χ3v) is 2.15. The summed E-state index contributed by atoms with van der Waals surface area (Å²) in [5.74, 6) is 0. The van der Waals surface area contributed by atoms with E-state index in [1.165, 1.54) is 45.2 Å². The first-order valence-electron chi connectivity index (χ1n) is 4.30. The predicted octanol–water partition coefficient (Wildman–Crippen LogP) is 2.40. The van der Waals surface area contributed by atoms with E-state index in [9.17, 15) is 0 Å². The van der Waals surface area contributed by atoms with Gasteiger partial charge in [-0.15, -0.1) is 0 Å². The third kappa shape index (κ3) is 2.42. The van der Waals surface area contributed by atoms with Crippen molar-refractivity contribution in [1.29, 1.82) is 0 Å². The fourth-order valence-electron chi connectivity index (χ4n) is 1.45. The number of likely N-dealkylation sites (tertiary alicyclic amines) is 1. The Balaban J connectivity index is 2.22. The van der Waals surface area contributed by atoms with Crippen LogP contribution in [0.5, 0.6) is 0 Å². The van der Waals surface area contributed by atoms with Gasteiger partial charge >= 0.3 is 0 Å². The monoisotopic (exact) mass is 139 g/mol. The van der Waals surface area contributed by atoms with Crippen molar-refractivity contribution in [3.63, 3.8) is 0 Å². The van der Waals surface area contributed by atoms with Gasteiger partial charge in [-0.3, -0.25) is 0 Å². The summed E-state index contributed by atoms with van der Waals surface area (Å²) in [4.78, 5) is 2.33. The van der Waals surface area contributed by atoms with E-state index in [-0.39, 0.29) is 0 Å².